The Kier molecular flexibility index (Phi) is 2.18. The van der Waals surface area contributed by atoms with Gasteiger partial charge in [0.25, 0.3) is 0 Å². The minimum Gasteiger partial charge on any atom is -0.216 e. The van der Waals surface area contributed by atoms with Gasteiger partial charge >= 0.3 is 0 Å². The van der Waals surface area contributed by atoms with Crippen molar-refractivity contribution >= 4 is 22.1 Å². The molecule has 90 valence electrons. The van der Waals surface area contributed by atoms with Crippen LogP contribution in [0.4, 0.5) is 0 Å². The maximum absolute atomic E-state index is 4.46. The molecule has 2 aromatic carbocycles. The zero-order valence-corrected chi connectivity index (χ0v) is 10.2. The van der Waals surface area contributed by atoms with Crippen molar-refractivity contribution in [3.63, 3.8) is 0 Å². The third kappa shape index (κ3) is 1.63. The third-order valence-electron chi connectivity index (χ3n) is 3.45. The molecule has 0 amide bonds. The van der Waals surface area contributed by atoms with Gasteiger partial charge < -0.3 is 0 Å². The fourth-order valence-electron chi connectivity index (χ4n) is 2.55. The molecule has 2 aromatic heterocycles. The van der Waals surface area contributed by atoms with Gasteiger partial charge in [0.2, 0.25) is 0 Å². The molecular formula is C16H11N3. The van der Waals surface area contributed by atoms with Gasteiger partial charge in [-0.15, -0.1) is 0 Å². The van der Waals surface area contributed by atoms with Crippen LogP contribution in [0.25, 0.3) is 22.1 Å². The second-order valence-electron chi connectivity index (χ2n) is 4.63. The largest absolute Gasteiger partial charge is 0.216 e. The third-order valence-corrected chi connectivity index (χ3v) is 3.45. The lowest BCUT2D eigenvalue weighted by molar-refractivity contribution is 1.15. The summed E-state index contributed by atoms with van der Waals surface area (Å²) in [6.07, 6.45) is 2.48. The molecule has 4 bridgehead atoms. The van der Waals surface area contributed by atoms with Crippen molar-refractivity contribution in [3.05, 3.63) is 66.0 Å². The fourth-order valence-corrected chi connectivity index (χ4v) is 2.55. The van der Waals surface area contributed by atoms with Gasteiger partial charge in [-0.3, -0.25) is 0 Å². The van der Waals surface area contributed by atoms with Crippen LogP contribution >= 0.6 is 0 Å². The van der Waals surface area contributed by atoms with E-state index in [1.54, 1.807) is 6.33 Å². The number of hydrogen-bond donors (Lipinski definition) is 0. The first kappa shape index (κ1) is 10.4. The average Bonchev–Trinajstić information content (AvgIpc) is 2.47. The molecule has 3 nitrogen and oxygen atoms in total. The molecule has 19 heavy (non-hydrogen) atoms. The van der Waals surface area contributed by atoms with E-state index in [1.807, 2.05) is 12.1 Å². The van der Waals surface area contributed by atoms with Crippen molar-refractivity contribution in [2.24, 2.45) is 0 Å². The van der Waals surface area contributed by atoms with Gasteiger partial charge in [0, 0.05) is 10.8 Å². The lowest BCUT2D eigenvalue weighted by atomic mass is 9.97. The molecule has 2 heterocycles. The van der Waals surface area contributed by atoms with Crippen molar-refractivity contribution in [3.8, 4) is 0 Å². The molecule has 0 aliphatic carbocycles. The molecule has 0 saturated heterocycles. The average molecular weight is 245 g/mol. The standard InChI is InChI=1S/C16H11N3/c1-2-5-11(6-3-1)9-14-12-7-4-8-13(14)16-18-10-17-15(12)19-16/h1-8,10H,9H2. The van der Waals surface area contributed by atoms with Gasteiger partial charge in [-0.25, -0.2) is 15.0 Å². The van der Waals surface area contributed by atoms with E-state index in [1.165, 1.54) is 11.1 Å². The first-order chi connectivity index (χ1) is 9.42. The first-order valence-electron chi connectivity index (χ1n) is 6.27. The lowest BCUT2D eigenvalue weighted by Crippen LogP contribution is -1.98. The summed E-state index contributed by atoms with van der Waals surface area (Å²) in [5.74, 6) is 0. The van der Waals surface area contributed by atoms with Crippen LogP contribution in [0.1, 0.15) is 11.1 Å². The van der Waals surface area contributed by atoms with Crippen molar-refractivity contribution in [1.82, 2.24) is 15.0 Å². The summed E-state index contributed by atoms with van der Waals surface area (Å²) < 4.78 is 0. The van der Waals surface area contributed by atoms with E-state index in [0.717, 1.165) is 28.5 Å². The topological polar surface area (TPSA) is 38.7 Å². The predicted octanol–water partition coefficient (Wildman–Crippen LogP) is 3.21. The normalized spacial score (nSPS) is 11.4. The summed E-state index contributed by atoms with van der Waals surface area (Å²) in [6, 6.07) is 16.7. The molecule has 0 spiro atoms. The SMILES string of the molecule is c1ccc(Cc2c3cccc2c2ncnc3n2)cc1. The monoisotopic (exact) mass is 245 g/mol. The van der Waals surface area contributed by atoms with Crippen molar-refractivity contribution in [2.45, 2.75) is 6.42 Å². The number of hydrogen-bond acceptors (Lipinski definition) is 3. The van der Waals surface area contributed by atoms with Gasteiger partial charge in [0.1, 0.15) is 6.33 Å². The van der Waals surface area contributed by atoms with Crippen LogP contribution in [-0.4, -0.2) is 15.0 Å². The maximum Gasteiger partial charge on any atom is 0.163 e. The molecule has 4 aromatic rings. The van der Waals surface area contributed by atoms with E-state index in [-0.39, 0.29) is 0 Å². The quantitative estimate of drug-likeness (QED) is 0.544. The minimum atomic E-state index is 0.782. The molecule has 0 atom stereocenters. The Morgan fingerprint density at radius 3 is 2.11 bits per heavy atom. The number of pyridine rings is 1. The van der Waals surface area contributed by atoms with Crippen LogP contribution in [0, 0.1) is 0 Å². The number of fused-ring (bicyclic) bond motifs is 6. The highest BCUT2D eigenvalue weighted by atomic mass is 15.0. The molecule has 0 aliphatic heterocycles. The molecule has 0 radical (unpaired) electrons. The summed E-state index contributed by atoms with van der Waals surface area (Å²) >= 11 is 0. The van der Waals surface area contributed by atoms with Crippen LogP contribution in [-0.2, 0) is 6.42 Å². The van der Waals surface area contributed by atoms with Crippen LogP contribution in [0.15, 0.2) is 54.9 Å². The maximum atomic E-state index is 4.46. The van der Waals surface area contributed by atoms with Crippen LogP contribution in [0.3, 0.4) is 0 Å². The molecule has 0 unspecified atom stereocenters. The van der Waals surface area contributed by atoms with Gasteiger partial charge in [0.15, 0.2) is 11.3 Å². The van der Waals surface area contributed by atoms with E-state index >= 15 is 0 Å². The van der Waals surface area contributed by atoms with Gasteiger partial charge in [0.05, 0.1) is 0 Å². The van der Waals surface area contributed by atoms with Crippen molar-refractivity contribution in [1.29, 1.82) is 0 Å². The Morgan fingerprint density at radius 1 is 0.737 bits per heavy atom. The first-order valence-corrected chi connectivity index (χ1v) is 6.27. The minimum absolute atomic E-state index is 0.782. The van der Waals surface area contributed by atoms with E-state index in [2.05, 4.69) is 51.4 Å². The summed E-state index contributed by atoms with van der Waals surface area (Å²) in [5, 5.41) is 2.24. The smallest absolute Gasteiger partial charge is 0.163 e. The molecule has 0 N–H and O–H groups in total. The second kappa shape index (κ2) is 3.99. The summed E-state index contributed by atoms with van der Waals surface area (Å²) in [5.41, 5.74) is 4.13. The summed E-state index contributed by atoms with van der Waals surface area (Å²) in [7, 11) is 0. The Hall–Kier alpha value is -2.55. The zero-order chi connectivity index (χ0) is 12.7. The highest BCUT2D eigenvalue weighted by molar-refractivity contribution is 5.95. The van der Waals surface area contributed by atoms with Gasteiger partial charge in [-0.05, 0) is 17.5 Å². The van der Waals surface area contributed by atoms with Crippen LogP contribution < -0.4 is 0 Å². The van der Waals surface area contributed by atoms with Crippen LogP contribution in [0.2, 0.25) is 0 Å². The molecule has 0 aliphatic rings. The molecule has 4 rings (SSSR count). The Balaban J connectivity index is 1.99. The zero-order valence-electron chi connectivity index (χ0n) is 10.2. The molecule has 0 fully saturated rings. The highest BCUT2D eigenvalue weighted by Crippen LogP contribution is 2.27. The highest BCUT2D eigenvalue weighted by Gasteiger charge is 2.11. The summed E-state index contributed by atoms with van der Waals surface area (Å²) in [6.45, 7) is 0. The number of benzene rings is 2. The van der Waals surface area contributed by atoms with E-state index in [9.17, 15) is 0 Å². The molecular weight excluding hydrogens is 234 g/mol. The van der Waals surface area contributed by atoms with Crippen LogP contribution in [0.5, 0.6) is 0 Å². The summed E-state index contributed by atoms with van der Waals surface area (Å²) in [4.78, 5) is 13.0. The second-order valence-corrected chi connectivity index (χ2v) is 4.63. The van der Waals surface area contributed by atoms with Gasteiger partial charge in [-0.2, -0.15) is 0 Å². The Bertz CT molecular complexity index is 796. The van der Waals surface area contributed by atoms with Gasteiger partial charge in [-0.1, -0.05) is 48.5 Å². The number of nitrogens with zero attached hydrogens (tertiary/aromatic N) is 3. The fraction of sp³-hybridized carbons (Fsp3) is 0.0625. The lowest BCUT2D eigenvalue weighted by Gasteiger charge is -2.11. The van der Waals surface area contributed by atoms with E-state index in [4.69, 9.17) is 0 Å². The Labute approximate surface area is 110 Å². The van der Waals surface area contributed by atoms with E-state index < -0.39 is 0 Å². The number of rotatable bonds is 2. The predicted molar refractivity (Wildman–Crippen MR) is 75.3 cm³/mol. The van der Waals surface area contributed by atoms with E-state index in [0.29, 0.717) is 0 Å². The molecule has 0 saturated carbocycles. The Morgan fingerprint density at radius 2 is 1.42 bits per heavy atom. The molecule has 3 heteroatoms. The number of aromatic nitrogens is 3. The van der Waals surface area contributed by atoms with Crippen molar-refractivity contribution < 1.29 is 0 Å². The van der Waals surface area contributed by atoms with Crippen molar-refractivity contribution in [2.75, 3.05) is 0 Å².